The fraction of sp³-hybridized carbons (Fsp3) is 0.429. The van der Waals surface area contributed by atoms with Crippen LogP contribution in [0.4, 0.5) is 5.69 Å². The Morgan fingerprint density at radius 2 is 2.30 bits per heavy atom. The number of carbonyl (C=O) groups is 2. The van der Waals surface area contributed by atoms with E-state index in [2.05, 4.69) is 5.32 Å². The first-order valence-electron chi connectivity index (χ1n) is 6.70. The van der Waals surface area contributed by atoms with E-state index in [0.29, 0.717) is 36.7 Å². The van der Waals surface area contributed by atoms with Crippen LogP contribution in [-0.4, -0.2) is 43.0 Å². The SMILES string of the molecule is CCOc1ccc(C(=O)N2CCCNC(=O)C2)cc1N. The van der Waals surface area contributed by atoms with Crippen molar-refractivity contribution in [2.45, 2.75) is 13.3 Å². The van der Waals surface area contributed by atoms with Gasteiger partial charge >= 0.3 is 0 Å². The van der Waals surface area contributed by atoms with Gasteiger partial charge in [-0.2, -0.15) is 0 Å². The second-order valence-corrected chi connectivity index (χ2v) is 4.62. The molecular weight excluding hydrogens is 258 g/mol. The number of amides is 2. The van der Waals surface area contributed by atoms with E-state index in [9.17, 15) is 9.59 Å². The Kier molecular flexibility index (Phi) is 4.45. The number of carbonyl (C=O) groups excluding carboxylic acids is 2. The predicted molar refractivity (Wildman–Crippen MR) is 75.6 cm³/mol. The molecule has 2 amide bonds. The summed E-state index contributed by atoms with van der Waals surface area (Å²) in [5.74, 6) is 0.254. The molecule has 0 bridgehead atoms. The lowest BCUT2D eigenvalue weighted by atomic mass is 10.1. The molecule has 1 fully saturated rings. The third kappa shape index (κ3) is 3.20. The van der Waals surface area contributed by atoms with Gasteiger partial charge in [-0.1, -0.05) is 0 Å². The minimum Gasteiger partial charge on any atom is -0.492 e. The monoisotopic (exact) mass is 277 g/mol. The molecule has 0 spiro atoms. The largest absolute Gasteiger partial charge is 0.492 e. The quantitative estimate of drug-likeness (QED) is 0.794. The summed E-state index contributed by atoms with van der Waals surface area (Å²) in [6.07, 6.45) is 0.754. The van der Waals surface area contributed by atoms with Crippen molar-refractivity contribution in [1.29, 1.82) is 0 Å². The van der Waals surface area contributed by atoms with Crippen molar-refractivity contribution in [2.75, 3.05) is 32.0 Å². The molecule has 0 unspecified atom stereocenters. The lowest BCUT2D eigenvalue weighted by molar-refractivity contribution is -0.121. The lowest BCUT2D eigenvalue weighted by Gasteiger charge is -2.19. The molecule has 1 aromatic rings. The van der Waals surface area contributed by atoms with E-state index in [1.807, 2.05) is 6.92 Å². The molecule has 0 radical (unpaired) electrons. The van der Waals surface area contributed by atoms with Gasteiger partial charge in [0.15, 0.2) is 0 Å². The summed E-state index contributed by atoms with van der Waals surface area (Å²) < 4.78 is 5.34. The van der Waals surface area contributed by atoms with Gasteiger partial charge < -0.3 is 20.7 Å². The summed E-state index contributed by atoms with van der Waals surface area (Å²) >= 11 is 0. The smallest absolute Gasteiger partial charge is 0.254 e. The zero-order chi connectivity index (χ0) is 14.5. The summed E-state index contributed by atoms with van der Waals surface area (Å²) in [6.45, 7) is 3.64. The number of hydrogen-bond acceptors (Lipinski definition) is 4. The first-order valence-corrected chi connectivity index (χ1v) is 6.70. The molecule has 3 N–H and O–H groups in total. The zero-order valence-corrected chi connectivity index (χ0v) is 11.5. The van der Waals surface area contributed by atoms with Gasteiger partial charge in [-0.3, -0.25) is 9.59 Å². The van der Waals surface area contributed by atoms with Crippen molar-refractivity contribution >= 4 is 17.5 Å². The van der Waals surface area contributed by atoms with Crippen LogP contribution in [-0.2, 0) is 4.79 Å². The topological polar surface area (TPSA) is 84.7 Å². The van der Waals surface area contributed by atoms with Gasteiger partial charge in [0, 0.05) is 18.7 Å². The maximum atomic E-state index is 12.4. The number of benzene rings is 1. The Morgan fingerprint density at radius 3 is 3.00 bits per heavy atom. The van der Waals surface area contributed by atoms with Crippen LogP contribution in [0.2, 0.25) is 0 Å². The van der Waals surface area contributed by atoms with Crippen molar-refractivity contribution in [3.05, 3.63) is 23.8 Å². The zero-order valence-electron chi connectivity index (χ0n) is 11.5. The molecular formula is C14H19N3O3. The predicted octanol–water partition coefficient (Wildman–Crippen LogP) is 0.630. The number of nitrogen functional groups attached to an aromatic ring is 1. The van der Waals surface area contributed by atoms with Crippen LogP contribution in [0.3, 0.4) is 0 Å². The fourth-order valence-electron chi connectivity index (χ4n) is 2.13. The van der Waals surface area contributed by atoms with E-state index in [-0.39, 0.29) is 18.4 Å². The molecule has 0 aromatic heterocycles. The molecule has 1 saturated heterocycles. The number of nitrogens with zero attached hydrogens (tertiary/aromatic N) is 1. The highest BCUT2D eigenvalue weighted by Crippen LogP contribution is 2.23. The van der Waals surface area contributed by atoms with Crippen molar-refractivity contribution in [1.82, 2.24) is 10.2 Å². The molecule has 1 aromatic carbocycles. The molecule has 0 saturated carbocycles. The van der Waals surface area contributed by atoms with Gasteiger partial charge in [0.1, 0.15) is 5.75 Å². The van der Waals surface area contributed by atoms with E-state index in [1.54, 1.807) is 18.2 Å². The van der Waals surface area contributed by atoms with Gasteiger partial charge in [0.05, 0.1) is 18.8 Å². The number of nitrogens with one attached hydrogen (secondary N) is 1. The van der Waals surface area contributed by atoms with E-state index < -0.39 is 0 Å². The number of nitrogens with two attached hydrogens (primary N) is 1. The van der Waals surface area contributed by atoms with Crippen molar-refractivity contribution in [3.63, 3.8) is 0 Å². The number of ether oxygens (including phenoxy) is 1. The van der Waals surface area contributed by atoms with Gasteiger partial charge in [-0.15, -0.1) is 0 Å². The summed E-state index contributed by atoms with van der Waals surface area (Å²) in [4.78, 5) is 25.4. The van der Waals surface area contributed by atoms with Crippen molar-refractivity contribution < 1.29 is 14.3 Å². The highest BCUT2D eigenvalue weighted by Gasteiger charge is 2.21. The first-order chi connectivity index (χ1) is 9.61. The minimum absolute atomic E-state index is 0.0892. The normalized spacial score (nSPS) is 15.4. The first kappa shape index (κ1) is 14.2. The third-order valence-corrected chi connectivity index (χ3v) is 3.11. The van der Waals surface area contributed by atoms with Crippen LogP contribution in [0.5, 0.6) is 5.75 Å². The van der Waals surface area contributed by atoms with Gasteiger partial charge in [0.25, 0.3) is 5.91 Å². The Morgan fingerprint density at radius 1 is 1.50 bits per heavy atom. The van der Waals surface area contributed by atoms with E-state index in [0.717, 1.165) is 6.42 Å². The molecule has 0 aliphatic carbocycles. The Balaban J connectivity index is 2.15. The van der Waals surface area contributed by atoms with Crippen LogP contribution in [0.15, 0.2) is 18.2 Å². The van der Waals surface area contributed by atoms with Crippen molar-refractivity contribution in [3.8, 4) is 5.75 Å². The van der Waals surface area contributed by atoms with Crippen LogP contribution < -0.4 is 15.8 Å². The molecule has 0 atom stereocenters. The summed E-state index contributed by atoms with van der Waals surface area (Å²) in [6, 6.07) is 4.95. The molecule has 108 valence electrons. The minimum atomic E-state index is -0.184. The summed E-state index contributed by atoms with van der Waals surface area (Å²) in [5, 5.41) is 2.74. The highest BCUT2D eigenvalue weighted by atomic mass is 16.5. The molecule has 2 rings (SSSR count). The molecule has 6 heteroatoms. The maximum absolute atomic E-state index is 12.4. The Hall–Kier alpha value is -2.24. The molecule has 1 aliphatic rings. The van der Waals surface area contributed by atoms with Crippen LogP contribution in [0.1, 0.15) is 23.7 Å². The number of hydrogen-bond donors (Lipinski definition) is 2. The summed E-state index contributed by atoms with van der Waals surface area (Å²) in [5.41, 5.74) is 6.76. The number of anilines is 1. The second-order valence-electron chi connectivity index (χ2n) is 4.62. The standard InChI is InChI=1S/C14H19N3O3/c1-2-20-12-5-4-10(8-11(12)15)14(19)17-7-3-6-16-13(18)9-17/h4-5,8H,2-3,6-7,9,15H2,1H3,(H,16,18). The lowest BCUT2D eigenvalue weighted by Crippen LogP contribution is -2.37. The highest BCUT2D eigenvalue weighted by molar-refractivity contribution is 5.97. The van der Waals surface area contributed by atoms with Crippen LogP contribution in [0.25, 0.3) is 0 Å². The van der Waals surface area contributed by atoms with Crippen LogP contribution in [0, 0.1) is 0 Å². The van der Waals surface area contributed by atoms with E-state index in [1.165, 1.54) is 4.90 Å². The fourth-order valence-corrected chi connectivity index (χ4v) is 2.13. The van der Waals surface area contributed by atoms with E-state index in [4.69, 9.17) is 10.5 Å². The van der Waals surface area contributed by atoms with Gasteiger partial charge in [0.2, 0.25) is 5.91 Å². The Labute approximate surface area is 117 Å². The van der Waals surface area contributed by atoms with Gasteiger partial charge in [-0.05, 0) is 31.5 Å². The second kappa shape index (κ2) is 6.27. The molecule has 1 aliphatic heterocycles. The average Bonchev–Trinajstić information content (AvgIpc) is 2.65. The molecule has 6 nitrogen and oxygen atoms in total. The average molecular weight is 277 g/mol. The Bertz CT molecular complexity index is 516. The maximum Gasteiger partial charge on any atom is 0.254 e. The van der Waals surface area contributed by atoms with E-state index >= 15 is 0 Å². The summed E-state index contributed by atoms with van der Waals surface area (Å²) in [7, 11) is 0. The molecule has 20 heavy (non-hydrogen) atoms. The number of rotatable bonds is 3. The molecule has 1 heterocycles. The van der Waals surface area contributed by atoms with Gasteiger partial charge in [-0.25, -0.2) is 0 Å². The van der Waals surface area contributed by atoms with Crippen LogP contribution >= 0.6 is 0 Å². The van der Waals surface area contributed by atoms with Crippen molar-refractivity contribution in [2.24, 2.45) is 0 Å². The third-order valence-electron chi connectivity index (χ3n) is 3.11.